The summed E-state index contributed by atoms with van der Waals surface area (Å²) in [5, 5.41) is 1.06. The van der Waals surface area contributed by atoms with Crippen LogP contribution >= 0.6 is 15.9 Å². The molecule has 0 amide bonds. The molecule has 0 aliphatic heterocycles. The molecule has 0 unspecified atom stereocenters. The van der Waals surface area contributed by atoms with Crippen LogP contribution in [0.1, 0.15) is 11.3 Å². The Labute approximate surface area is 131 Å². The standard InChI is InChI=1S/C17H15BrN2O/c1-11-5-7-13-3-2-4-16(17(13)20-11)21-15-8-6-12(10-19)9-14(15)18/h2-9H,10,19H2,1H3. The number of hydrogen-bond acceptors (Lipinski definition) is 3. The molecular weight excluding hydrogens is 328 g/mol. The first-order chi connectivity index (χ1) is 10.2. The van der Waals surface area contributed by atoms with Gasteiger partial charge in [-0.1, -0.05) is 24.3 Å². The minimum absolute atomic E-state index is 0.508. The zero-order chi connectivity index (χ0) is 14.8. The average molecular weight is 343 g/mol. The summed E-state index contributed by atoms with van der Waals surface area (Å²) in [6.07, 6.45) is 0. The van der Waals surface area contributed by atoms with E-state index in [0.717, 1.165) is 38.1 Å². The fraction of sp³-hybridized carbons (Fsp3) is 0.118. The predicted octanol–water partition coefficient (Wildman–Crippen LogP) is 4.56. The van der Waals surface area contributed by atoms with Crippen LogP contribution in [-0.2, 0) is 6.54 Å². The second kappa shape index (κ2) is 5.84. The number of nitrogens with two attached hydrogens (primary N) is 1. The Balaban J connectivity index is 2.04. The highest BCUT2D eigenvalue weighted by atomic mass is 79.9. The van der Waals surface area contributed by atoms with E-state index in [4.69, 9.17) is 10.5 Å². The smallest absolute Gasteiger partial charge is 0.153 e. The highest BCUT2D eigenvalue weighted by Gasteiger charge is 2.08. The monoisotopic (exact) mass is 342 g/mol. The van der Waals surface area contributed by atoms with E-state index in [1.54, 1.807) is 0 Å². The summed E-state index contributed by atoms with van der Waals surface area (Å²) in [6, 6.07) is 15.8. The SMILES string of the molecule is Cc1ccc2cccc(Oc3ccc(CN)cc3Br)c2n1. The van der Waals surface area contributed by atoms with Crippen LogP contribution in [-0.4, -0.2) is 4.98 Å². The fourth-order valence-electron chi connectivity index (χ4n) is 2.17. The van der Waals surface area contributed by atoms with Gasteiger partial charge in [0.2, 0.25) is 0 Å². The van der Waals surface area contributed by atoms with E-state index >= 15 is 0 Å². The van der Waals surface area contributed by atoms with E-state index in [-0.39, 0.29) is 0 Å². The number of ether oxygens (including phenoxy) is 1. The first-order valence-corrected chi connectivity index (χ1v) is 7.49. The van der Waals surface area contributed by atoms with Crippen LogP contribution in [0.2, 0.25) is 0 Å². The van der Waals surface area contributed by atoms with Crippen molar-refractivity contribution in [1.29, 1.82) is 0 Å². The van der Waals surface area contributed by atoms with E-state index in [9.17, 15) is 0 Å². The largest absolute Gasteiger partial charge is 0.454 e. The maximum atomic E-state index is 6.03. The molecule has 0 aliphatic carbocycles. The first kappa shape index (κ1) is 14.0. The van der Waals surface area contributed by atoms with E-state index in [1.807, 2.05) is 49.4 Å². The molecule has 1 aromatic heterocycles. The molecule has 1 heterocycles. The maximum Gasteiger partial charge on any atom is 0.153 e. The third-order valence-electron chi connectivity index (χ3n) is 3.27. The third kappa shape index (κ3) is 2.91. The van der Waals surface area contributed by atoms with Gasteiger partial charge < -0.3 is 10.5 Å². The van der Waals surface area contributed by atoms with E-state index < -0.39 is 0 Å². The lowest BCUT2D eigenvalue weighted by atomic mass is 10.2. The molecule has 3 rings (SSSR count). The second-order valence-corrected chi connectivity index (χ2v) is 5.71. The van der Waals surface area contributed by atoms with E-state index in [0.29, 0.717) is 6.54 Å². The molecule has 4 heteroatoms. The van der Waals surface area contributed by atoms with Crippen LogP contribution in [0, 0.1) is 6.92 Å². The lowest BCUT2D eigenvalue weighted by Crippen LogP contribution is -1.96. The molecule has 0 saturated heterocycles. The average Bonchev–Trinajstić information content (AvgIpc) is 2.49. The van der Waals surface area contributed by atoms with Crippen molar-refractivity contribution in [2.75, 3.05) is 0 Å². The van der Waals surface area contributed by atoms with Gasteiger partial charge in [-0.2, -0.15) is 0 Å². The minimum Gasteiger partial charge on any atom is -0.454 e. The molecule has 0 atom stereocenters. The summed E-state index contributed by atoms with van der Waals surface area (Å²) in [5.74, 6) is 1.50. The van der Waals surface area contributed by atoms with Crippen molar-refractivity contribution in [2.24, 2.45) is 5.73 Å². The zero-order valence-corrected chi connectivity index (χ0v) is 13.2. The molecular formula is C17H15BrN2O. The number of benzene rings is 2. The fourth-order valence-corrected chi connectivity index (χ4v) is 2.68. The number of aryl methyl sites for hydroxylation is 1. The number of aromatic nitrogens is 1. The van der Waals surface area contributed by atoms with Crippen molar-refractivity contribution < 1.29 is 4.74 Å². The van der Waals surface area contributed by atoms with Crippen LogP contribution in [0.15, 0.2) is 53.0 Å². The highest BCUT2D eigenvalue weighted by Crippen LogP contribution is 2.33. The van der Waals surface area contributed by atoms with Crippen molar-refractivity contribution >= 4 is 26.8 Å². The summed E-state index contributed by atoms with van der Waals surface area (Å²) in [6.45, 7) is 2.48. The Bertz CT molecular complexity index is 802. The predicted molar refractivity (Wildman–Crippen MR) is 88.6 cm³/mol. The van der Waals surface area contributed by atoms with Gasteiger partial charge in [0.1, 0.15) is 11.3 Å². The number of fused-ring (bicyclic) bond motifs is 1. The number of halogens is 1. The first-order valence-electron chi connectivity index (χ1n) is 6.70. The van der Waals surface area contributed by atoms with Gasteiger partial charge in [-0.3, -0.25) is 0 Å². The molecule has 0 fully saturated rings. The molecule has 0 saturated carbocycles. The number of pyridine rings is 1. The van der Waals surface area contributed by atoms with Crippen LogP contribution < -0.4 is 10.5 Å². The Morgan fingerprint density at radius 3 is 2.71 bits per heavy atom. The molecule has 0 spiro atoms. The quantitative estimate of drug-likeness (QED) is 0.759. The van der Waals surface area contributed by atoms with E-state index in [2.05, 4.69) is 27.0 Å². The van der Waals surface area contributed by atoms with E-state index in [1.165, 1.54) is 0 Å². The Kier molecular flexibility index (Phi) is 3.90. The molecule has 21 heavy (non-hydrogen) atoms. The molecule has 106 valence electrons. The Morgan fingerprint density at radius 1 is 1.10 bits per heavy atom. The van der Waals surface area contributed by atoms with Gasteiger partial charge in [0.25, 0.3) is 0 Å². The highest BCUT2D eigenvalue weighted by molar-refractivity contribution is 9.10. The Morgan fingerprint density at radius 2 is 1.95 bits per heavy atom. The van der Waals surface area contributed by atoms with Gasteiger partial charge in [-0.05, 0) is 52.7 Å². The second-order valence-electron chi connectivity index (χ2n) is 4.85. The summed E-state index contributed by atoms with van der Waals surface area (Å²) in [5.41, 5.74) is 8.53. The number of hydrogen-bond donors (Lipinski definition) is 1. The van der Waals surface area contributed by atoms with Crippen molar-refractivity contribution in [3.63, 3.8) is 0 Å². The van der Waals surface area contributed by atoms with Crippen LogP contribution in [0.4, 0.5) is 0 Å². The number of para-hydroxylation sites is 1. The van der Waals surface area contributed by atoms with Gasteiger partial charge in [-0.15, -0.1) is 0 Å². The van der Waals surface area contributed by atoms with Gasteiger partial charge in [0.05, 0.1) is 4.47 Å². The molecule has 0 bridgehead atoms. The third-order valence-corrected chi connectivity index (χ3v) is 3.89. The molecule has 3 nitrogen and oxygen atoms in total. The van der Waals surface area contributed by atoms with Crippen molar-refractivity contribution in [3.05, 3.63) is 64.3 Å². The van der Waals surface area contributed by atoms with Gasteiger partial charge in [-0.25, -0.2) is 4.98 Å². The minimum atomic E-state index is 0.508. The van der Waals surface area contributed by atoms with Crippen molar-refractivity contribution in [3.8, 4) is 11.5 Å². The number of nitrogens with zero attached hydrogens (tertiary/aromatic N) is 1. The molecule has 3 aromatic rings. The number of rotatable bonds is 3. The van der Waals surface area contributed by atoms with Crippen molar-refractivity contribution in [1.82, 2.24) is 4.98 Å². The summed E-state index contributed by atoms with van der Waals surface area (Å²) in [7, 11) is 0. The van der Waals surface area contributed by atoms with Gasteiger partial charge in [0.15, 0.2) is 5.75 Å². The van der Waals surface area contributed by atoms with Gasteiger partial charge >= 0.3 is 0 Å². The lowest BCUT2D eigenvalue weighted by molar-refractivity contribution is 0.484. The zero-order valence-electron chi connectivity index (χ0n) is 11.6. The van der Waals surface area contributed by atoms with Crippen molar-refractivity contribution in [2.45, 2.75) is 13.5 Å². The topological polar surface area (TPSA) is 48.1 Å². The van der Waals surface area contributed by atoms with Crippen LogP contribution in [0.25, 0.3) is 10.9 Å². The Hall–Kier alpha value is -1.91. The van der Waals surface area contributed by atoms with Gasteiger partial charge in [0, 0.05) is 17.6 Å². The molecule has 2 aromatic carbocycles. The molecule has 0 aliphatic rings. The summed E-state index contributed by atoms with van der Waals surface area (Å²) < 4.78 is 6.91. The van der Waals surface area contributed by atoms with Crippen LogP contribution in [0.3, 0.4) is 0 Å². The maximum absolute atomic E-state index is 6.03. The van der Waals surface area contributed by atoms with Crippen LogP contribution in [0.5, 0.6) is 11.5 Å². The lowest BCUT2D eigenvalue weighted by Gasteiger charge is -2.11. The summed E-state index contributed by atoms with van der Waals surface area (Å²) >= 11 is 3.52. The summed E-state index contributed by atoms with van der Waals surface area (Å²) in [4.78, 5) is 4.57. The molecule has 0 radical (unpaired) electrons. The molecule has 2 N–H and O–H groups in total. The normalized spacial score (nSPS) is 10.8.